The van der Waals surface area contributed by atoms with Crippen LogP contribution in [-0.4, -0.2) is 33.4 Å². The number of aryl methyl sites for hydroxylation is 1. The molecule has 82 valence electrons. The number of Topliss-reactive ketones (excluding diaryl/α,β-unsaturated/α-hetero) is 1. The van der Waals surface area contributed by atoms with Gasteiger partial charge < -0.3 is 5.32 Å². The van der Waals surface area contributed by atoms with Gasteiger partial charge in [-0.25, -0.2) is 4.68 Å². The van der Waals surface area contributed by atoms with Crippen LogP contribution in [0, 0.1) is 0 Å². The molecular weight excluding hydrogens is 192 g/mol. The predicted molar refractivity (Wildman–Crippen MR) is 55.6 cm³/mol. The Hall–Kier alpha value is -1.23. The van der Waals surface area contributed by atoms with Gasteiger partial charge in [0.2, 0.25) is 5.78 Å². The Morgan fingerprint density at radius 1 is 1.53 bits per heavy atom. The van der Waals surface area contributed by atoms with E-state index < -0.39 is 0 Å². The van der Waals surface area contributed by atoms with E-state index in [1.807, 2.05) is 7.05 Å². The monoisotopic (exact) mass is 208 g/mol. The molecule has 0 aliphatic heterocycles. The first-order valence-electron chi connectivity index (χ1n) is 5.28. The fourth-order valence-electron chi connectivity index (χ4n) is 2.31. The van der Waals surface area contributed by atoms with Gasteiger partial charge in [0.1, 0.15) is 5.69 Å². The van der Waals surface area contributed by atoms with E-state index in [-0.39, 0.29) is 11.3 Å². The first kappa shape index (κ1) is 10.3. The van der Waals surface area contributed by atoms with Gasteiger partial charge in [0, 0.05) is 7.05 Å². The summed E-state index contributed by atoms with van der Waals surface area (Å²) in [5.41, 5.74) is 0.210. The summed E-state index contributed by atoms with van der Waals surface area (Å²) in [6.07, 6.45) is 5.58. The van der Waals surface area contributed by atoms with Gasteiger partial charge in [-0.2, -0.15) is 0 Å². The third-order valence-electron chi connectivity index (χ3n) is 3.32. The number of rotatable bonds is 3. The lowest BCUT2D eigenvalue weighted by Gasteiger charge is -2.26. The molecule has 0 spiro atoms. The van der Waals surface area contributed by atoms with Crippen molar-refractivity contribution in [3.05, 3.63) is 11.9 Å². The van der Waals surface area contributed by atoms with Gasteiger partial charge in [0.25, 0.3) is 0 Å². The third-order valence-corrected chi connectivity index (χ3v) is 3.32. The highest BCUT2D eigenvalue weighted by molar-refractivity contribution is 6.01. The maximum Gasteiger partial charge on any atom is 0.202 e. The molecule has 1 aliphatic carbocycles. The number of likely N-dealkylation sites (N-methyl/N-ethyl adjacent to an activating group) is 1. The minimum absolute atomic E-state index is 0.120. The van der Waals surface area contributed by atoms with E-state index in [4.69, 9.17) is 0 Å². The van der Waals surface area contributed by atoms with Crippen molar-refractivity contribution in [1.82, 2.24) is 20.3 Å². The number of hydrogen-bond acceptors (Lipinski definition) is 4. The van der Waals surface area contributed by atoms with Crippen LogP contribution in [0.15, 0.2) is 6.20 Å². The van der Waals surface area contributed by atoms with Crippen LogP contribution in [0.5, 0.6) is 0 Å². The van der Waals surface area contributed by atoms with Gasteiger partial charge in [-0.1, -0.05) is 18.1 Å². The molecule has 5 heteroatoms. The number of hydrogen-bond donors (Lipinski definition) is 1. The van der Waals surface area contributed by atoms with Crippen molar-refractivity contribution in [2.24, 2.45) is 7.05 Å². The molecule has 1 aromatic heterocycles. The molecule has 1 aromatic rings. The van der Waals surface area contributed by atoms with Crippen molar-refractivity contribution in [2.45, 2.75) is 31.2 Å². The molecule has 0 bridgehead atoms. The van der Waals surface area contributed by atoms with Crippen molar-refractivity contribution in [3.8, 4) is 0 Å². The minimum atomic E-state index is -0.379. The Bertz CT molecular complexity index is 365. The van der Waals surface area contributed by atoms with E-state index in [2.05, 4.69) is 15.6 Å². The van der Waals surface area contributed by atoms with E-state index in [9.17, 15) is 4.79 Å². The third kappa shape index (κ3) is 1.56. The molecule has 15 heavy (non-hydrogen) atoms. The van der Waals surface area contributed by atoms with Crippen molar-refractivity contribution in [2.75, 3.05) is 7.05 Å². The first-order chi connectivity index (χ1) is 7.19. The van der Waals surface area contributed by atoms with E-state index in [1.54, 1.807) is 17.9 Å². The Balaban J connectivity index is 2.30. The molecule has 1 aliphatic rings. The van der Waals surface area contributed by atoms with Crippen molar-refractivity contribution >= 4 is 5.78 Å². The fourth-order valence-corrected chi connectivity index (χ4v) is 2.31. The predicted octanol–water partition coefficient (Wildman–Crippen LogP) is 0.530. The lowest BCUT2D eigenvalue weighted by atomic mass is 9.90. The summed E-state index contributed by atoms with van der Waals surface area (Å²) < 4.78 is 1.54. The summed E-state index contributed by atoms with van der Waals surface area (Å²) in [5, 5.41) is 10.7. The average molecular weight is 208 g/mol. The van der Waals surface area contributed by atoms with Crippen molar-refractivity contribution < 1.29 is 4.79 Å². The normalized spacial score (nSPS) is 19.3. The molecular formula is C10H16N4O. The molecule has 0 radical (unpaired) electrons. The number of carbonyl (C=O) groups excluding carboxylic acids is 1. The number of carbonyl (C=O) groups is 1. The van der Waals surface area contributed by atoms with Gasteiger partial charge >= 0.3 is 0 Å². The highest BCUT2D eigenvalue weighted by atomic mass is 16.1. The molecule has 1 saturated carbocycles. The number of aromatic nitrogens is 3. The second kappa shape index (κ2) is 3.73. The second-order valence-electron chi connectivity index (χ2n) is 4.11. The van der Waals surface area contributed by atoms with E-state index >= 15 is 0 Å². The van der Waals surface area contributed by atoms with Crippen LogP contribution in [0.2, 0.25) is 0 Å². The summed E-state index contributed by atoms with van der Waals surface area (Å²) in [6.45, 7) is 0. The summed E-state index contributed by atoms with van der Waals surface area (Å²) >= 11 is 0. The molecule has 1 fully saturated rings. The van der Waals surface area contributed by atoms with Gasteiger partial charge in [0.15, 0.2) is 0 Å². The van der Waals surface area contributed by atoms with Gasteiger partial charge in [-0.3, -0.25) is 4.79 Å². The lowest BCUT2D eigenvalue weighted by Crippen LogP contribution is -2.48. The molecule has 0 aromatic carbocycles. The summed E-state index contributed by atoms with van der Waals surface area (Å²) in [7, 11) is 3.60. The Kier molecular flexibility index (Phi) is 2.56. The second-order valence-corrected chi connectivity index (χ2v) is 4.11. The quantitative estimate of drug-likeness (QED) is 0.736. The number of nitrogens with zero attached hydrogens (tertiary/aromatic N) is 3. The van der Waals surface area contributed by atoms with Crippen LogP contribution in [0.4, 0.5) is 0 Å². The SMILES string of the molecule is CNC1(C(=O)c2cnnn2C)CCCC1. The fraction of sp³-hybridized carbons (Fsp3) is 0.700. The molecule has 0 unspecified atom stereocenters. The summed E-state index contributed by atoms with van der Waals surface area (Å²) in [4.78, 5) is 12.3. The van der Waals surface area contributed by atoms with E-state index in [0.29, 0.717) is 5.69 Å². The highest BCUT2D eigenvalue weighted by Gasteiger charge is 2.41. The first-order valence-corrected chi connectivity index (χ1v) is 5.28. The summed E-state index contributed by atoms with van der Waals surface area (Å²) in [6, 6.07) is 0. The smallest absolute Gasteiger partial charge is 0.202 e. The zero-order chi connectivity index (χ0) is 10.9. The average Bonchev–Trinajstić information content (AvgIpc) is 2.86. The lowest BCUT2D eigenvalue weighted by molar-refractivity contribution is 0.0852. The molecule has 1 heterocycles. The van der Waals surface area contributed by atoms with Crippen LogP contribution < -0.4 is 5.32 Å². The molecule has 0 amide bonds. The molecule has 5 nitrogen and oxygen atoms in total. The van der Waals surface area contributed by atoms with Crippen molar-refractivity contribution in [1.29, 1.82) is 0 Å². The van der Waals surface area contributed by atoms with Gasteiger partial charge in [-0.05, 0) is 19.9 Å². The standard InChI is InChI=1S/C10H16N4O/c1-11-10(5-3-4-6-10)9(15)8-7-12-13-14(8)2/h7,11H,3-6H2,1-2H3. The summed E-state index contributed by atoms with van der Waals surface area (Å²) in [5.74, 6) is 0.120. The molecule has 0 atom stereocenters. The maximum atomic E-state index is 12.3. The van der Waals surface area contributed by atoms with E-state index in [1.165, 1.54) is 0 Å². The number of ketones is 1. The van der Waals surface area contributed by atoms with Gasteiger partial charge in [0.05, 0.1) is 11.7 Å². The highest BCUT2D eigenvalue weighted by Crippen LogP contribution is 2.32. The van der Waals surface area contributed by atoms with Crippen LogP contribution in [0.3, 0.4) is 0 Å². The largest absolute Gasteiger partial charge is 0.308 e. The van der Waals surface area contributed by atoms with E-state index in [0.717, 1.165) is 25.7 Å². The topological polar surface area (TPSA) is 59.8 Å². The Morgan fingerprint density at radius 3 is 2.67 bits per heavy atom. The zero-order valence-corrected chi connectivity index (χ0v) is 9.16. The Labute approximate surface area is 88.9 Å². The molecule has 0 saturated heterocycles. The van der Waals surface area contributed by atoms with Gasteiger partial charge in [-0.15, -0.1) is 5.10 Å². The number of nitrogens with one attached hydrogen (secondary N) is 1. The van der Waals surface area contributed by atoms with Crippen LogP contribution in [-0.2, 0) is 7.05 Å². The van der Waals surface area contributed by atoms with Crippen LogP contribution in [0.25, 0.3) is 0 Å². The Morgan fingerprint density at radius 2 is 2.20 bits per heavy atom. The molecule has 1 N–H and O–H groups in total. The maximum absolute atomic E-state index is 12.3. The van der Waals surface area contributed by atoms with Crippen LogP contribution >= 0.6 is 0 Å². The minimum Gasteiger partial charge on any atom is -0.308 e. The molecule has 2 rings (SSSR count). The van der Waals surface area contributed by atoms with Crippen molar-refractivity contribution in [3.63, 3.8) is 0 Å². The zero-order valence-electron chi connectivity index (χ0n) is 9.16. The van der Waals surface area contributed by atoms with Crippen LogP contribution in [0.1, 0.15) is 36.2 Å².